The molecule has 9 aromatic rings. The maximum atomic E-state index is 5.26. The van der Waals surface area contributed by atoms with E-state index in [1.54, 1.807) is 0 Å². The highest BCUT2D eigenvalue weighted by atomic mass is 32.1. The molecule has 1 aliphatic rings. The van der Waals surface area contributed by atoms with Gasteiger partial charge in [-0.2, -0.15) is 9.97 Å². The predicted molar refractivity (Wildman–Crippen MR) is 195 cm³/mol. The number of benzene rings is 6. The molecule has 0 saturated carbocycles. The van der Waals surface area contributed by atoms with Crippen LogP contribution in [0.4, 0.5) is 0 Å². The molecule has 4 nitrogen and oxygen atoms in total. The Balaban J connectivity index is 1.25. The summed E-state index contributed by atoms with van der Waals surface area (Å²) in [4.78, 5) is 15.5. The van der Waals surface area contributed by atoms with E-state index < -0.39 is 0 Å². The summed E-state index contributed by atoms with van der Waals surface area (Å²) in [6.07, 6.45) is 0. The summed E-state index contributed by atoms with van der Waals surface area (Å²) < 4.78 is 4.77. The van der Waals surface area contributed by atoms with E-state index in [2.05, 4.69) is 134 Å². The van der Waals surface area contributed by atoms with Gasteiger partial charge in [-0.1, -0.05) is 117 Å². The Bertz CT molecular complexity index is 2720. The van der Waals surface area contributed by atoms with Crippen molar-refractivity contribution in [3.63, 3.8) is 0 Å². The molecule has 3 aromatic heterocycles. The second-order valence-corrected chi connectivity index (χ2v) is 14.0. The highest BCUT2D eigenvalue weighted by Crippen LogP contribution is 2.49. The number of nitrogens with zero attached hydrogens (tertiary/aromatic N) is 4. The van der Waals surface area contributed by atoms with Crippen molar-refractivity contribution in [3.05, 3.63) is 145 Å². The summed E-state index contributed by atoms with van der Waals surface area (Å²) in [6, 6.07) is 47.6. The first-order valence-electron chi connectivity index (χ1n) is 16.0. The third-order valence-electron chi connectivity index (χ3n) is 9.87. The van der Waals surface area contributed by atoms with Gasteiger partial charge in [-0.15, -0.1) is 11.3 Å². The summed E-state index contributed by atoms with van der Waals surface area (Å²) >= 11 is 1.83. The average molecular weight is 621 g/mol. The van der Waals surface area contributed by atoms with Crippen molar-refractivity contribution in [1.82, 2.24) is 19.5 Å². The minimum absolute atomic E-state index is 0.123. The molecule has 0 spiro atoms. The van der Waals surface area contributed by atoms with Gasteiger partial charge in [0.05, 0.1) is 11.0 Å². The lowest BCUT2D eigenvalue weighted by atomic mass is 9.82. The van der Waals surface area contributed by atoms with E-state index in [4.69, 9.17) is 15.0 Å². The van der Waals surface area contributed by atoms with E-state index in [0.29, 0.717) is 17.6 Å². The van der Waals surface area contributed by atoms with Crippen molar-refractivity contribution in [3.8, 4) is 39.9 Å². The molecule has 0 unspecified atom stereocenters. The smallest absolute Gasteiger partial charge is 0.238 e. The number of rotatable bonds is 3. The Morgan fingerprint density at radius 3 is 2.06 bits per heavy atom. The standard InChI is InChI=1S/C42H28N4S/c1-42(2)33-17-9-6-14-27(33)28-21-20-26(22-34(28)42)40-43-39(25-12-4-3-5-13-25)44-41(45-40)46-35-18-10-7-15-29(35)31-23-32-30-16-8-11-19-37(30)47-38(32)24-36(31)46/h3-24H,1-2H3. The molecule has 0 radical (unpaired) electrons. The minimum Gasteiger partial charge on any atom is -0.278 e. The van der Waals surface area contributed by atoms with Crippen LogP contribution in [0, 0.1) is 0 Å². The third kappa shape index (κ3) is 3.84. The van der Waals surface area contributed by atoms with Crippen molar-refractivity contribution in [2.75, 3.05) is 0 Å². The summed E-state index contributed by atoms with van der Waals surface area (Å²) in [7, 11) is 0. The molecular formula is C42H28N4S. The lowest BCUT2D eigenvalue weighted by Crippen LogP contribution is -2.15. The SMILES string of the molecule is CC1(C)c2ccccc2-c2ccc(-c3nc(-c4ccccc4)nc(-n4c5ccccc5c5cc6c(cc54)sc4ccccc46)n3)cc21. The molecule has 6 aromatic carbocycles. The van der Waals surface area contributed by atoms with Gasteiger partial charge in [0.2, 0.25) is 5.95 Å². The van der Waals surface area contributed by atoms with Crippen molar-refractivity contribution in [2.24, 2.45) is 0 Å². The fourth-order valence-electron chi connectivity index (χ4n) is 7.56. The molecule has 0 N–H and O–H groups in total. The highest BCUT2D eigenvalue weighted by Gasteiger charge is 2.35. The Kier molecular flexibility index (Phi) is 5.47. The molecule has 0 aliphatic heterocycles. The second kappa shape index (κ2) is 9.68. The van der Waals surface area contributed by atoms with Crippen LogP contribution in [-0.4, -0.2) is 19.5 Å². The normalized spacial score (nSPS) is 13.5. The molecule has 1 aliphatic carbocycles. The van der Waals surface area contributed by atoms with Crippen LogP contribution in [0.5, 0.6) is 0 Å². The lowest BCUT2D eigenvalue weighted by molar-refractivity contribution is 0.660. The van der Waals surface area contributed by atoms with Gasteiger partial charge in [0, 0.05) is 47.5 Å². The largest absolute Gasteiger partial charge is 0.278 e. The predicted octanol–water partition coefficient (Wildman–Crippen LogP) is 11.0. The summed E-state index contributed by atoms with van der Waals surface area (Å²) in [5.41, 5.74) is 9.22. The van der Waals surface area contributed by atoms with Gasteiger partial charge >= 0.3 is 0 Å². The topological polar surface area (TPSA) is 43.6 Å². The highest BCUT2D eigenvalue weighted by molar-refractivity contribution is 7.25. The number of thiophene rings is 1. The quantitative estimate of drug-likeness (QED) is 0.197. The van der Waals surface area contributed by atoms with Crippen molar-refractivity contribution in [2.45, 2.75) is 19.3 Å². The Morgan fingerprint density at radius 1 is 0.489 bits per heavy atom. The molecule has 0 bridgehead atoms. The first-order chi connectivity index (χ1) is 23.0. The van der Waals surface area contributed by atoms with E-state index in [9.17, 15) is 0 Å². The fourth-order valence-corrected chi connectivity index (χ4v) is 8.68. The summed E-state index contributed by atoms with van der Waals surface area (Å²) in [5, 5.41) is 4.95. The van der Waals surface area contributed by atoms with E-state index in [0.717, 1.165) is 22.2 Å². The molecule has 3 heterocycles. The van der Waals surface area contributed by atoms with Crippen LogP contribution in [0.3, 0.4) is 0 Å². The lowest BCUT2D eigenvalue weighted by Gasteiger charge is -2.21. The van der Waals surface area contributed by atoms with Crippen LogP contribution in [0.25, 0.3) is 81.8 Å². The molecule has 10 rings (SSSR count). The van der Waals surface area contributed by atoms with Crippen molar-refractivity contribution < 1.29 is 0 Å². The van der Waals surface area contributed by atoms with Crippen LogP contribution in [0.2, 0.25) is 0 Å². The van der Waals surface area contributed by atoms with Crippen LogP contribution >= 0.6 is 11.3 Å². The van der Waals surface area contributed by atoms with Crippen LogP contribution in [0.1, 0.15) is 25.0 Å². The van der Waals surface area contributed by atoms with Crippen molar-refractivity contribution >= 4 is 53.3 Å². The molecule has 5 heteroatoms. The first-order valence-corrected chi connectivity index (χ1v) is 16.8. The summed E-state index contributed by atoms with van der Waals surface area (Å²) in [6.45, 7) is 4.62. The molecular weight excluding hydrogens is 593 g/mol. The molecule has 0 amide bonds. The van der Waals surface area contributed by atoms with Gasteiger partial charge in [-0.05, 0) is 52.6 Å². The molecule has 222 valence electrons. The zero-order valence-corrected chi connectivity index (χ0v) is 26.7. The Hall–Kier alpha value is -5.65. The number of hydrogen-bond acceptors (Lipinski definition) is 4. The van der Waals surface area contributed by atoms with Gasteiger partial charge in [0.25, 0.3) is 0 Å². The van der Waals surface area contributed by atoms with Gasteiger partial charge in [-0.25, -0.2) is 4.98 Å². The van der Waals surface area contributed by atoms with Gasteiger partial charge in [0.15, 0.2) is 11.6 Å². The summed E-state index contributed by atoms with van der Waals surface area (Å²) in [5.74, 6) is 1.93. The first kappa shape index (κ1) is 26.6. The maximum absolute atomic E-state index is 5.26. The zero-order valence-electron chi connectivity index (χ0n) is 25.9. The second-order valence-electron chi connectivity index (χ2n) is 12.9. The minimum atomic E-state index is -0.123. The zero-order chi connectivity index (χ0) is 31.3. The Morgan fingerprint density at radius 2 is 1.19 bits per heavy atom. The van der Waals surface area contributed by atoms with Gasteiger partial charge in [0.1, 0.15) is 0 Å². The van der Waals surface area contributed by atoms with Crippen LogP contribution < -0.4 is 0 Å². The Labute approximate surface area is 275 Å². The average Bonchev–Trinajstić information content (AvgIpc) is 3.72. The number of para-hydroxylation sites is 1. The van der Waals surface area contributed by atoms with Gasteiger partial charge < -0.3 is 0 Å². The molecule has 0 saturated heterocycles. The maximum Gasteiger partial charge on any atom is 0.238 e. The number of fused-ring (bicyclic) bond motifs is 9. The number of hydrogen-bond donors (Lipinski definition) is 0. The molecule has 47 heavy (non-hydrogen) atoms. The van der Waals surface area contributed by atoms with E-state index in [-0.39, 0.29) is 5.41 Å². The molecule has 0 fully saturated rings. The molecule has 0 atom stereocenters. The van der Waals surface area contributed by atoms with Crippen molar-refractivity contribution in [1.29, 1.82) is 0 Å². The third-order valence-corrected chi connectivity index (χ3v) is 11.0. The van der Waals surface area contributed by atoms with Crippen LogP contribution in [0.15, 0.2) is 133 Å². The van der Waals surface area contributed by atoms with E-state index in [1.165, 1.54) is 53.2 Å². The van der Waals surface area contributed by atoms with Crippen LogP contribution in [-0.2, 0) is 5.41 Å². The monoisotopic (exact) mass is 620 g/mol. The van der Waals surface area contributed by atoms with Gasteiger partial charge in [-0.3, -0.25) is 4.57 Å². The fraction of sp³-hybridized carbons (Fsp3) is 0.0714. The van der Waals surface area contributed by atoms with E-state index >= 15 is 0 Å². The number of aromatic nitrogens is 4. The van der Waals surface area contributed by atoms with E-state index in [1.807, 2.05) is 29.5 Å².